The van der Waals surface area contributed by atoms with Gasteiger partial charge in [0.2, 0.25) is 0 Å². The minimum atomic E-state index is 0.202. The second-order valence-corrected chi connectivity index (χ2v) is 6.68. The first kappa shape index (κ1) is 16.0. The lowest BCUT2D eigenvalue weighted by Gasteiger charge is -2.31. The zero-order valence-corrected chi connectivity index (χ0v) is 14.6. The predicted molar refractivity (Wildman–Crippen MR) is 96.0 cm³/mol. The van der Waals surface area contributed by atoms with Crippen molar-refractivity contribution in [3.8, 4) is 5.75 Å². The highest BCUT2D eigenvalue weighted by Gasteiger charge is 2.28. The van der Waals surface area contributed by atoms with Crippen molar-refractivity contribution in [1.29, 1.82) is 0 Å². The van der Waals surface area contributed by atoms with Crippen molar-refractivity contribution in [3.63, 3.8) is 0 Å². The van der Waals surface area contributed by atoms with Gasteiger partial charge in [-0.1, -0.05) is 52.3 Å². The van der Waals surface area contributed by atoms with Crippen LogP contribution in [0.15, 0.2) is 64.7 Å². The van der Waals surface area contributed by atoms with Crippen LogP contribution in [0, 0.1) is 0 Å². The smallest absolute Gasteiger partial charge is 0.145 e. The van der Waals surface area contributed by atoms with E-state index in [0.717, 1.165) is 34.9 Å². The van der Waals surface area contributed by atoms with Gasteiger partial charge in [-0.3, -0.25) is 4.79 Å². The molecule has 1 aliphatic carbocycles. The zero-order valence-electron chi connectivity index (χ0n) is 13.0. The predicted octanol–water partition coefficient (Wildman–Crippen LogP) is 5.24. The van der Waals surface area contributed by atoms with Gasteiger partial charge < -0.3 is 4.74 Å². The fourth-order valence-corrected chi connectivity index (χ4v) is 3.86. The zero-order chi connectivity index (χ0) is 16.2. The van der Waals surface area contributed by atoms with E-state index in [1.807, 2.05) is 24.3 Å². The number of ether oxygens (including phenoxy) is 1. The van der Waals surface area contributed by atoms with Crippen LogP contribution in [-0.2, 0) is 4.79 Å². The maximum atomic E-state index is 11.3. The molecule has 2 unspecified atom stereocenters. The van der Waals surface area contributed by atoms with Gasteiger partial charge in [-0.2, -0.15) is 0 Å². The van der Waals surface area contributed by atoms with Gasteiger partial charge in [-0.05, 0) is 53.7 Å². The number of rotatable bonds is 4. The number of benzene rings is 2. The van der Waals surface area contributed by atoms with Crippen molar-refractivity contribution in [2.45, 2.75) is 24.7 Å². The van der Waals surface area contributed by atoms with E-state index < -0.39 is 0 Å². The summed E-state index contributed by atoms with van der Waals surface area (Å²) in [7, 11) is 1.68. The molecule has 3 rings (SSSR count). The van der Waals surface area contributed by atoms with Crippen LogP contribution in [0.4, 0.5) is 0 Å². The third kappa shape index (κ3) is 3.40. The van der Waals surface area contributed by atoms with E-state index in [4.69, 9.17) is 4.74 Å². The quantitative estimate of drug-likeness (QED) is 0.687. The molecule has 2 aromatic carbocycles. The first-order chi connectivity index (χ1) is 11.2. The second kappa shape index (κ2) is 7.14. The molecule has 0 heterocycles. The van der Waals surface area contributed by atoms with Crippen LogP contribution in [0.1, 0.15) is 35.8 Å². The summed E-state index contributed by atoms with van der Waals surface area (Å²) < 4.78 is 6.35. The Balaban J connectivity index is 2.02. The van der Waals surface area contributed by atoms with E-state index in [9.17, 15) is 4.79 Å². The molecule has 2 nitrogen and oxygen atoms in total. The number of halogens is 1. The Morgan fingerprint density at radius 2 is 1.87 bits per heavy atom. The fourth-order valence-electron chi connectivity index (χ4n) is 3.31. The number of allylic oxidation sites excluding steroid dienone is 2. The van der Waals surface area contributed by atoms with Crippen molar-refractivity contribution in [3.05, 3.63) is 75.8 Å². The largest absolute Gasteiger partial charge is 0.497 e. The molecule has 3 heteroatoms. The van der Waals surface area contributed by atoms with Gasteiger partial charge in [-0.25, -0.2) is 0 Å². The standard InChI is InChI=1S/C20H19BrO2/c1-23-16-9-7-15(8-10-16)17-11-6-14(13-22)12-19(17)18-4-2-3-5-20(18)21/h2-5,7-10,12-13,17,19H,6,11H2,1H3. The molecule has 0 radical (unpaired) electrons. The summed E-state index contributed by atoms with van der Waals surface area (Å²) in [6, 6.07) is 16.5. The molecule has 118 valence electrons. The second-order valence-electron chi connectivity index (χ2n) is 5.83. The van der Waals surface area contributed by atoms with Gasteiger partial charge in [0.05, 0.1) is 7.11 Å². The van der Waals surface area contributed by atoms with Crippen molar-refractivity contribution < 1.29 is 9.53 Å². The Labute approximate surface area is 145 Å². The molecule has 0 spiro atoms. The van der Waals surface area contributed by atoms with Gasteiger partial charge in [0, 0.05) is 10.4 Å². The summed E-state index contributed by atoms with van der Waals surface area (Å²) in [6.45, 7) is 0. The molecule has 0 aliphatic heterocycles. The summed E-state index contributed by atoms with van der Waals surface area (Å²) in [4.78, 5) is 11.3. The van der Waals surface area contributed by atoms with Crippen LogP contribution in [0.5, 0.6) is 5.75 Å². The maximum absolute atomic E-state index is 11.3. The van der Waals surface area contributed by atoms with Crippen LogP contribution in [0.3, 0.4) is 0 Å². The summed E-state index contributed by atoms with van der Waals surface area (Å²) in [6.07, 6.45) is 4.93. The fraction of sp³-hybridized carbons (Fsp3) is 0.250. The third-order valence-electron chi connectivity index (χ3n) is 4.53. The lowest BCUT2D eigenvalue weighted by Crippen LogP contribution is -2.16. The number of methoxy groups -OCH3 is 1. The van der Waals surface area contributed by atoms with Gasteiger partial charge in [0.25, 0.3) is 0 Å². The number of hydrogen-bond acceptors (Lipinski definition) is 2. The average molecular weight is 371 g/mol. The number of aldehydes is 1. The Morgan fingerprint density at radius 1 is 1.13 bits per heavy atom. The Kier molecular flexibility index (Phi) is 4.97. The lowest BCUT2D eigenvalue weighted by atomic mass is 9.74. The molecular weight excluding hydrogens is 352 g/mol. The normalized spacial score (nSPS) is 20.7. The van der Waals surface area contributed by atoms with E-state index >= 15 is 0 Å². The summed E-state index contributed by atoms with van der Waals surface area (Å²) in [5.74, 6) is 1.43. The third-order valence-corrected chi connectivity index (χ3v) is 5.25. The van der Waals surface area contributed by atoms with Crippen molar-refractivity contribution in [2.24, 2.45) is 0 Å². The molecule has 0 saturated carbocycles. The van der Waals surface area contributed by atoms with Crippen LogP contribution < -0.4 is 4.74 Å². The van der Waals surface area contributed by atoms with Gasteiger partial charge in [0.15, 0.2) is 0 Å². The number of carbonyl (C=O) groups is 1. The van der Waals surface area contributed by atoms with Gasteiger partial charge in [0.1, 0.15) is 12.0 Å². The molecule has 0 fully saturated rings. The molecule has 0 amide bonds. The molecule has 2 atom stereocenters. The van der Waals surface area contributed by atoms with Crippen LogP contribution in [0.2, 0.25) is 0 Å². The molecule has 0 N–H and O–H groups in total. The van der Waals surface area contributed by atoms with Crippen molar-refractivity contribution in [2.75, 3.05) is 7.11 Å². The van der Waals surface area contributed by atoms with E-state index in [2.05, 4.69) is 46.3 Å². The first-order valence-electron chi connectivity index (χ1n) is 7.77. The Bertz CT molecular complexity index is 719. The average Bonchev–Trinajstić information content (AvgIpc) is 2.62. The highest BCUT2D eigenvalue weighted by atomic mass is 79.9. The minimum absolute atomic E-state index is 0.202. The maximum Gasteiger partial charge on any atom is 0.145 e. The van der Waals surface area contributed by atoms with E-state index in [0.29, 0.717) is 5.92 Å². The van der Waals surface area contributed by atoms with Crippen LogP contribution in [-0.4, -0.2) is 13.4 Å². The topological polar surface area (TPSA) is 26.3 Å². The highest BCUT2D eigenvalue weighted by Crippen LogP contribution is 2.44. The summed E-state index contributed by atoms with van der Waals surface area (Å²) in [5.41, 5.74) is 3.41. The Morgan fingerprint density at radius 3 is 2.52 bits per heavy atom. The van der Waals surface area contributed by atoms with Crippen LogP contribution in [0.25, 0.3) is 0 Å². The lowest BCUT2D eigenvalue weighted by molar-refractivity contribution is -0.105. The van der Waals surface area contributed by atoms with Gasteiger partial charge >= 0.3 is 0 Å². The summed E-state index contributed by atoms with van der Waals surface area (Å²) >= 11 is 3.66. The highest BCUT2D eigenvalue weighted by molar-refractivity contribution is 9.10. The molecule has 0 bridgehead atoms. The molecular formula is C20H19BrO2. The van der Waals surface area contributed by atoms with E-state index in [1.54, 1.807) is 7.11 Å². The number of hydrogen-bond donors (Lipinski definition) is 0. The van der Waals surface area contributed by atoms with Crippen LogP contribution >= 0.6 is 15.9 Å². The number of carbonyl (C=O) groups excluding carboxylic acids is 1. The molecule has 1 aliphatic rings. The molecule has 0 saturated heterocycles. The SMILES string of the molecule is COc1ccc(C2CCC(C=O)=CC2c2ccccc2Br)cc1. The molecule has 2 aromatic rings. The molecule has 23 heavy (non-hydrogen) atoms. The minimum Gasteiger partial charge on any atom is -0.497 e. The van der Waals surface area contributed by atoms with Crippen molar-refractivity contribution >= 4 is 22.2 Å². The van der Waals surface area contributed by atoms with Gasteiger partial charge in [-0.15, -0.1) is 0 Å². The molecule has 0 aromatic heterocycles. The summed E-state index contributed by atoms with van der Waals surface area (Å²) in [5, 5.41) is 0. The monoisotopic (exact) mass is 370 g/mol. The van der Waals surface area contributed by atoms with E-state index in [1.165, 1.54) is 11.1 Å². The van der Waals surface area contributed by atoms with Crippen molar-refractivity contribution in [1.82, 2.24) is 0 Å². The van der Waals surface area contributed by atoms with E-state index in [-0.39, 0.29) is 5.92 Å². The Hall–Kier alpha value is -1.87. The first-order valence-corrected chi connectivity index (χ1v) is 8.56.